The summed E-state index contributed by atoms with van der Waals surface area (Å²) in [6, 6.07) is 7.30. The molecule has 0 atom stereocenters. The van der Waals surface area contributed by atoms with Crippen LogP contribution in [0.5, 0.6) is 0 Å². The molecule has 8 heteroatoms. The molecule has 0 bridgehead atoms. The van der Waals surface area contributed by atoms with E-state index in [2.05, 4.69) is 10.3 Å². The fourth-order valence-corrected chi connectivity index (χ4v) is 2.79. The normalized spacial score (nSPS) is 12.0. The number of pyridine rings is 1. The molecule has 3 rings (SSSR count). The van der Waals surface area contributed by atoms with Gasteiger partial charge in [0.1, 0.15) is 5.65 Å². The molecular formula is C19H15ClF3N3O. The third-order valence-corrected chi connectivity index (χ3v) is 4.22. The standard InChI is InChI=1S/C19H15ClF3N3O/c1-12-3-2-8-26-11-14(25-18(12)26)10-24-17(27)7-5-13-4-6-16(20)15(9-13)19(21,22)23/h2-9,11H,10H2,1H3,(H,24,27)/b7-5+. The number of alkyl halides is 3. The summed E-state index contributed by atoms with van der Waals surface area (Å²) in [6.07, 6.45) is 1.59. The molecule has 0 fully saturated rings. The molecule has 1 N–H and O–H groups in total. The Morgan fingerprint density at radius 1 is 1.33 bits per heavy atom. The van der Waals surface area contributed by atoms with Gasteiger partial charge in [0, 0.05) is 18.5 Å². The van der Waals surface area contributed by atoms with Gasteiger partial charge in [-0.05, 0) is 42.3 Å². The molecule has 0 spiro atoms. The minimum absolute atomic E-state index is 0.207. The molecule has 1 amide bonds. The van der Waals surface area contributed by atoms with Crippen molar-refractivity contribution in [3.8, 4) is 0 Å². The quantitative estimate of drug-likeness (QED) is 0.656. The van der Waals surface area contributed by atoms with Gasteiger partial charge in [-0.1, -0.05) is 23.7 Å². The maximum atomic E-state index is 12.9. The van der Waals surface area contributed by atoms with Crippen molar-refractivity contribution in [1.29, 1.82) is 0 Å². The predicted molar refractivity (Wildman–Crippen MR) is 97.3 cm³/mol. The summed E-state index contributed by atoms with van der Waals surface area (Å²) in [4.78, 5) is 16.4. The van der Waals surface area contributed by atoms with Gasteiger partial charge in [0.15, 0.2) is 0 Å². The summed E-state index contributed by atoms with van der Waals surface area (Å²) in [7, 11) is 0. The van der Waals surface area contributed by atoms with Crippen LogP contribution in [0.25, 0.3) is 11.7 Å². The van der Waals surface area contributed by atoms with Gasteiger partial charge in [-0.15, -0.1) is 0 Å². The molecule has 0 aliphatic rings. The van der Waals surface area contributed by atoms with E-state index in [1.807, 2.05) is 29.7 Å². The van der Waals surface area contributed by atoms with Crippen molar-refractivity contribution in [2.75, 3.05) is 0 Å². The van der Waals surface area contributed by atoms with Crippen LogP contribution < -0.4 is 5.32 Å². The molecule has 0 radical (unpaired) electrons. The highest BCUT2D eigenvalue weighted by Gasteiger charge is 2.33. The number of fused-ring (bicyclic) bond motifs is 1. The average molecular weight is 394 g/mol. The Bertz CT molecular complexity index is 1020. The Morgan fingerprint density at radius 2 is 2.11 bits per heavy atom. The second-order valence-corrected chi connectivity index (χ2v) is 6.35. The van der Waals surface area contributed by atoms with Gasteiger partial charge in [0.05, 0.1) is 22.8 Å². The maximum absolute atomic E-state index is 12.9. The number of aromatic nitrogens is 2. The third kappa shape index (κ3) is 4.49. The molecule has 0 aliphatic heterocycles. The molecule has 3 aromatic rings. The van der Waals surface area contributed by atoms with E-state index in [0.717, 1.165) is 23.3 Å². The number of carbonyl (C=O) groups is 1. The van der Waals surface area contributed by atoms with E-state index in [1.54, 1.807) is 6.20 Å². The van der Waals surface area contributed by atoms with Gasteiger partial charge in [0.25, 0.3) is 0 Å². The van der Waals surface area contributed by atoms with Gasteiger partial charge in [0.2, 0.25) is 5.91 Å². The molecule has 0 saturated heterocycles. The summed E-state index contributed by atoms with van der Waals surface area (Å²) in [5.41, 5.74) is 1.78. The fourth-order valence-electron chi connectivity index (χ4n) is 2.56. The van der Waals surface area contributed by atoms with Crippen molar-refractivity contribution in [2.24, 2.45) is 0 Å². The van der Waals surface area contributed by atoms with Crippen LogP contribution in [-0.4, -0.2) is 15.3 Å². The monoisotopic (exact) mass is 393 g/mol. The number of nitrogens with zero attached hydrogens (tertiary/aromatic N) is 2. The van der Waals surface area contributed by atoms with Crippen LogP contribution >= 0.6 is 11.6 Å². The Kier molecular flexibility index (Phi) is 5.23. The van der Waals surface area contributed by atoms with Crippen molar-refractivity contribution < 1.29 is 18.0 Å². The first-order chi connectivity index (χ1) is 12.7. The number of amides is 1. The zero-order valence-corrected chi connectivity index (χ0v) is 15.0. The van der Waals surface area contributed by atoms with Crippen LogP contribution in [0.1, 0.15) is 22.4 Å². The van der Waals surface area contributed by atoms with Crippen molar-refractivity contribution >= 4 is 29.2 Å². The SMILES string of the molecule is Cc1cccn2cc(CNC(=O)/C=C/c3ccc(Cl)c(C(F)(F)F)c3)nc12. The van der Waals surface area contributed by atoms with Gasteiger partial charge in [-0.2, -0.15) is 13.2 Å². The van der Waals surface area contributed by atoms with Crippen LogP contribution in [0.15, 0.2) is 48.8 Å². The van der Waals surface area contributed by atoms with E-state index < -0.39 is 17.6 Å². The number of hydrogen-bond acceptors (Lipinski definition) is 2. The van der Waals surface area contributed by atoms with E-state index in [-0.39, 0.29) is 17.1 Å². The average Bonchev–Trinajstić information content (AvgIpc) is 3.03. The van der Waals surface area contributed by atoms with E-state index in [0.29, 0.717) is 5.69 Å². The Morgan fingerprint density at radius 3 is 2.81 bits per heavy atom. The molecule has 27 heavy (non-hydrogen) atoms. The van der Waals surface area contributed by atoms with Crippen molar-refractivity contribution in [3.63, 3.8) is 0 Å². The van der Waals surface area contributed by atoms with Gasteiger partial charge >= 0.3 is 6.18 Å². The van der Waals surface area contributed by atoms with Crippen LogP contribution in [-0.2, 0) is 17.5 Å². The largest absolute Gasteiger partial charge is 0.417 e. The van der Waals surface area contributed by atoms with E-state index in [1.165, 1.54) is 18.2 Å². The number of imidazole rings is 1. The summed E-state index contributed by atoms with van der Waals surface area (Å²) in [5.74, 6) is -0.438. The Balaban J connectivity index is 1.66. The van der Waals surface area contributed by atoms with E-state index in [4.69, 9.17) is 11.6 Å². The summed E-state index contributed by atoms with van der Waals surface area (Å²) < 4.78 is 40.4. The molecule has 0 unspecified atom stereocenters. The second-order valence-electron chi connectivity index (χ2n) is 5.94. The summed E-state index contributed by atoms with van der Waals surface area (Å²) >= 11 is 5.57. The molecule has 2 heterocycles. The molecule has 2 aromatic heterocycles. The summed E-state index contributed by atoms with van der Waals surface area (Å²) in [6.45, 7) is 2.15. The van der Waals surface area contributed by atoms with Crippen LogP contribution in [0.2, 0.25) is 5.02 Å². The van der Waals surface area contributed by atoms with Gasteiger partial charge < -0.3 is 9.72 Å². The molecule has 140 valence electrons. The minimum Gasteiger partial charge on any atom is -0.347 e. The number of rotatable bonds is 4. The second kappa shape index (κ2) is 7.44. The number of aryl methyl sites for hydroxylation is 1. The van der Waals surface area contributed by atoms with Crippen LogP contribution in [0, 0.1) is 6.92 Å². The highest BCUT2D eigenvalue weighted by atomic mass is 35.5. The first-order valence-corrected chi connectivity index (χ1v) is 8.38. The maximum Gasteiger partial charge on any atom is 0.417 e. The minimum atomic E-state index is -4.55. The van der Waals surface area contributed by atoms with Crippen molar-refractivity contribution in [3.05, 3.63) is 76.2 Å². The zero-order chi connectivity index (χ0) is 19.6. The first kappa shape index (κ1) is 19.0. The Hall–Kier alpha value is -2.80. The smallest absolute Gasteiger partial charge is 0.347 e. The highest BCUT2D eigenvalue weighted by molar-refractivity contribution is 6.31. The predicted octanol–water partition coefficient (Wildman–Crippen LogP) is 4.64. The van der Waals surface area contributed by atoms with Crippen LogP contribution in [0.4, 0.5) is 13.2 Å². The zero-order valence-electron chi connectivity index (χ0n) is 14.2. The molecular weight excluding hydrogens is 379 g/mol. The molecule has 4 nitrogen and oxygen atoms in total. The highest BCUT2D eigenvalue weighted by Crippen LogP contribution is 2.35. The third-order valence-electron chi connectivity index (χ3n) is 3.89. The van der Waals surface area contributed by atoms with E-state index in [9.17, 15) is 18.0 Å². The lowest BCUT2D eigenvalue weighted by Gasteiger charge is -2.09. The van der Waals surface area contributed by atoms with Gasteiger partial charge in [-0.25, -0.2) is 4.98 Å². The number of hydrogen-bond donors (Lipinski definition) is 1. The summed E-state index contributed by atoms with van der Waals surface area (Å²) in [5, 5.41) is 2.27. The number of benzene rings is 1. The number of carbonyl (C=O) groups excluding carboxylic acids is 1. The fraction of sp³-hybridized carbons (Fsp3) is 0.158. The van der Waals surface area contributed by atoms with Crippen molar-refractivity contribution in [2.45, 2.75) is 19.6 Å². The topological polar surface area (TPSA) is 46.4 Å². The lowest BCUT2D eigenvalue weighted by molar-refractivity contribution is -0.137. The molecule has 0 saturated carbocycles. The molecule has 0 aliphatic carbocycles. The first-order valence-electron chi connectivity index (χ1n) is 8.00. The Labute approximate surface area is 158 Å². The lowest BCUT2D eigenvalue weighted by atomic mass is 10.1. The van der Waals surface area contributed by atoms with E-state index >= 15 is 0 Å². The van der Waals surface area contributed by atoms with Crippen molar-refractivity contribution in [1.82, 2.24) is 14.7 Å². The van der Waals surface area contributed by atoms with Gasteiger partial charge in [-0.3, -0.25) is 4.79 Å². The molecule has 1 aromatic carbocycles. The lowest BCUT2D eigenvalue weighted by Crippen LogP contribution is -2.20. The number of halogens is 4. The van der Waals surface area contributed by atoms with Crippen LogP contribution in [0.3, 0.4) is 0 Å². The number of nitrogens with one attached hydrogen (secondary N) is 1.